The Morgan fingerprint density at radius 3 is 2.80 bits per heavy atom. The maximum absolute atomic E-state index is 5.58. The monoisotopic (exact) mass is 295 g/mol. The molecule has 0 aromatic carbocycles. The fourth-order valence-electron chi connectivity index (χ4n) is 1.70. The first-order valence-electron chi connectivity index (χ1n) is 6.68. The Balaban J connectivity index is 1.92. The number of nitrogens with one attached hydrogen (secondary N) is 2. The van der Waals surface area contributed by atoms with Gasteiger partial charge in [0.25, 0.3) is 0 Å². The van der Waals surface area contributed by atoms with E-state index in [-0.39, 0.29) is 5.54 Å². The van der Waals surface area contributed by atoms with Crippen LogP contribution in [0.5, 0.6) is 0 Å². The van der Waals surface area contributed by atoms with E-state index in [4.69, 9.17) is 4.42 Å². The molecular formula is C13H21N5OS. The summed E-state index contributed by atoms with van der Waals surface area (Å²) in [6, 6.07) is 0.423. The van der Waals surface area contributed by atoms with Crippen molar-refractivity contribution in [3.63, 3.8) is 0 Å². The summed E-state index contributed by atoms with van der Waals surface area (Å²) in [5.41, 5.74) is -0.330. The SMILES string of the molecule is CC(C)CNCc1nnc(NC(C)(C)c2nccs2)o1. The van der Waals surface area contributed by atoms with Gasteiger partial charge < -0.3 is 15.1 Å². The first kappa shape index (κ1) is 14.9. The molecule has 0 amide bonds. The van der Waals surface area contributed by atoms with Gasteiger partial charge in [-0.3, -0.25) is 0 Å². The highest BCUT2D eigenvalue weighted by molar-refractivity contribution is 7.09. The van der Waals surface area contributed by atoms with Gasteiger partial charge in [-0.05, 0) is 26.3 Å². The zero-order chi connectivity index (χ0) is 14.6. The molecule has 0 aliphatic heterocycles. The normalized spacial score (nSPS) is 12.1. The zero-order valence-electron chi connectivity index (χ0n) is 12.3. The summed E-state index contributed by atoms with van der Waals surface area (Å²) in [4.78, 5) is 4.31. The molecule has 0 aliphatic rings. The van der Waals surface area contributed by atoms with Gasteiger partial charge in [0.15, 0.2) is 0 Å². The molecule has 0 spiro atoms. The van der Waals surface area contributed by atoms with Crippen LogP contribution in [0.4, 0.5) is 6.01 Å². The number of aromatic nitrogens is 3. The maximum Gasteiger partial charge on any atom is 0.316 e. The molecule has 0 unspecified atom stereocenters. The smallest absolute Gasteiger partial charge is 0.316 e. The van der Waals surface area contributed by atoms with Crippen LogP contribution in [0, 0.1) is 5.92 Å². The second kappa shape index (κ2) is 6.32. The molecule has 2 N–H and O–H groups in total. The van der Waals surface area contributed by atoms with Crippen LogP contribution in [0.3, 0.4) is 0 Å². The van der Waals surface area contributed by atoms with Gasteiger partial charge in [-0.1, -0.05) is 18.9 Å². The summed E-state index contributed by atoms with van der Waals surface area (Å²) in [5, 5.41) is 17.5. The predicted molar refractivity (Wildman–Crippen MR) is 79.6 cm³/mol. The second-order valence-corrected chi connectivity index (χ2v) is 6.51. The van der Waals surface area contributed by atoms with Crippen molar-refractivity contribution >= 4 is 17.4 Å². The molecule has 110 valence electrons. The Labute approximate surface area is 123 Å². The first-order valence-corrected chi connectivity index (χ1v) is 7.56. The lowest BCUT2D eigenvalue weighted by molar-refractivity contribution is 0.448. The molecule has 0 saturated heterocycles. The molecule has 0 aliphatic carbocycles. The molecule has 0 radical (unpaired) electrons. The highest BCUT2D eigenvalue weighted by Gasteiger charge is 2.25. The zero-order valence-corrected chi connectivity index (χ0v) is 13.1. The molecule has 0 atom stereocenters. The fraction of sp³-hybridized carbons (Fsp3) is 0.615. The number of thiazole rings is 1. The van der Waals surface area contributed by atoms with E-state index in [0.717, 1.165) is 11.6 Å². The molecule has 7 heteroatoms. The van der Waals surface area contributed by atoms with Crippen molar-refractivity contribution in [2.75, 3.05) is 11.9 Å². The average molecular weight is 295 g/mol. The van der Waals surface area contributed by atoms with Crippen LogP contribution in [-0.4, -0.2) is 21.7 Å². The topological polar surface area (TPSA) is 75.9 Å². The van der Waals surface area contributed by atoms with Gasteiger partial charge in [-0.2, -0.15) is 0 Å². The fourth-order valence-corrected chi connectivity index (χ4v) is 2.41. The third-order valence-corrected chi connectivity index (χ3v) is 3.78. The Bertz CT molecular complexity index is 521. The molecule has 2 aromatic rings. The van der Waals surface area contributed by atoms with Gasteiger partial charge in [0, 0.05) is 11.6 Å². The van der Waals surface area contributed by atoms with Crippen molar-refractivity contribution in [1.29, 1.82) is 0 Å². The van der Waals surface area contributed by atoms with E-state index < -0.39 is 0 Å². The largest absolute Gasteiger partial charge is 0.407 e. The van der Waals surface area contributed by atoms with E-state index >= 15 is 0 Å². The van der Waals surface area contributed by atoms with E-state index in [1.807, 2.05) is 19.2 Å². The Morgan fingerprint density at radius 1 is 1.35 bits per heavy atom. The lowest BCUT2D eigenvalue weighted by Gasteiger charge is -2.21. The molecular weight excluding hydrogens is 274 g/mol. The van der Waals surface area contributed by atoms with Gasteiger partial charge in [-0.15, -0.1) is 16.4 Å². The predicted octanol–water partition coefficient (Wildman–Crippen LogP) is 2.62. The number of hydrogen-bond donors (Lipinski definition) is 2. The highest BCUT2D eigenvalue weighted by atomic mass is 32.1. The first-order chi connectivity index (χ1) is 9.47. The number of hydrogen-bond acceptors (Lipinski definition) is 7. The molecule has 20 heavy (non-hydrogen) atoms. The number of nitrogens with zero attached hydrogens (tertiary/aromatic N) is 3. The highest BCUT2D eigenvalue weighted by Crippen LogP contribution is 2.26. The van der Waals surface area contributed by atoms with Crippen molar-refractivity contribution in [2.45, 2.75) is 39.8 Å². The Hall–Kier alpha value is -1.47. The van der Waals surface area contributed by atoms with Crippen molar-refractivity contribution < 1.29 is 4.42 Å². The molecule has 2 rings (SSSR count). The Kier molecular flexibility index (Phi) is 4.72. The van der Waals surface area contributed by atoms with Crippen molar-refractivity contribution in [1.82, 2.24) is 20.5 Å². The van der Waals surface area contributed by atoms with Crippen LogP contribution in [0.15, 0.2) is 16.0 Å². The molecule has 2 heterocycles. The summed E-state index contributed by atoms with van der Waals surface area (Å²) < 4.78 is 5.58. The summed E-state index contributed by atoms with van der Waals surface area (Å²) >= 11 is 1.60. The van der Waals surface area contributed by atoms with Gasteiger partial charge in [0.2, 0.25) is 5.89 Å². The standard InChI is InChI=1S/C13H21N5OS/c1-9(2)7-14-8-10-17-18-12(19-10)16-13(3,4)11-15-5-6-20-11/h5-6,9,14H,7-8H2,1-4H3,(H,16,18). The van der Waals surface area contributed by atoms with Crippen molar-refractivity contribution in [3.05, 3.63) is 22.5 Å². The summed E-state index contributed by atoms with van der Waals surface area (Å²) in [6.07, 6.45) is 1.79. The number of anilines is 1. The Morgan fingerprint density at radius 2 is 2.15 bits per heavy atom. The maximum atomic E-state index is 5.58. The van der Waals surface area contributed by atoms with E-state index in [0.29, 0.717) is 24.4 Å². The summed E-state index contributed by atoms with van der Waals surface area (Å²) in [7, 11) is 0. The summed E-state index contributed by atoms with van der Waals surface area (Å²) in [5.74, 6) is 1.18. The lowest BCUT2D eigenvalue weighted by Crippen LogP contribution is -2.27. The molecule has 0 saturated carbocycles. The minimum atomic E-state index is -0.330. The van der Waals surface area contributed by atoms with E-state index in [1.165, 1.54) is 0 Å². The van der Waals surface area contributed by atoms with Crippen molar-refractivity contribution in [3.8, 4) is 0 Å². The molecule has 0 fully saturated rings. The summed E-state index contributed by atoms with van der Waals surface area (Å²) in [6.45, 7) is 9.90. The quantitative estimate of drug-likeness (QED) is 0.818. The van der Waals surface area contributed by atoms with Crippen LogP contribution in [0.2, 0.25) is 0 Å². The van der Waals surface area contributed by atoms with Gasteiger partial charge >= 0.3 is 6.01 Å². The molecule has 0 bridgehead atoms. The van der Waals surface area contributed by atoms with Crippen LogP contribution < -0.4 is 10.6 Å². The average Bonchev–Trinajstić information content (AvgIpc) is 2.99. The lowest BCUT2D eigenvalue weighted by atomic mass is 10.1. The van der Waals surface area contributed by atoms with Gasteiger partial charge in [-0.25, -0.2) is 4.98 Å². The van der Waals surface area contributed by atoms with E-state index in [9.17, 15) is 0 Å². The molecule has 6 nitrogen and oxygen atoms in total. The third kappa shape index (κ3) is 4.01. The van der Waals surface area contributed by atoms with Crippen LogP contribution in [0.1, 0.15) is 38.6 Å². The van der Waals surface area contributed by atoms with E-state index in [1.54, 1.807) is 17.5 Å². The molecule has 2 aromatic heterocycles. The van der Waals surface area contributed by atoms with Gasteiger partial charge in [0.1, 0.15) is 5.01 Å². The second-order valence-electron chi connectivity index (χ2n) is 5.61. The van der Waals surface area contributed by atoms with Gasteiger partial charge in [0.05, 0.1) is 12.1 Å². The third-order valence-electron chi connectivity index (χ3n) is 2.68. The van der Waals surface area contributed by atoms with E-state index in [2.05, 4.69) is 39.7 Å². The number of rotatable bonds is 7. The minimum Gasteiger partial charge on any atom is -0.407 e. The van der Waals surface area contributed by atoms with Crippen LogP contribution in [-0.2, 0) is 12.1 Å². The van der Waals surface area contributed by atoms with Crippen molar-refractivity contribution in [2.24, 2.45) is 5.92 Å². The van der Waals surface area contributed by atoms with Crippen LogP contribution >= 0.6 is 11.3 Å². The van der Waals surface area contributed by atoms with Crippen LogP contribution in [0.25, 0.3) is 0 Å². The minimum absolute atomic E-state index is 0.330.